The van der Waals surface area contributed by atoms with Gasteiger partial charge < -0.3 is 5.32 Å². The summed E-state index contributed by atoms with van der Waals surface area (Å²) in [5.41, 5.74) is 3.61. The number of halogens is 2. The van der Waals surface area contributed by atoms with E-state index in [0.29, 0.717) is 58.7 Å². The molecule has 11 heteroatoms. The summed E-state index contributed by atoms with van der Waals surface area (Å²) in [7, 11) is 0. The summed E-state index contributed by atoms with van der Waals surface area (Å²) in [5, 5.41) is 11.0. The topological polar surface area (TPSA) is 108 Å². The Morgan fingerprint density at radius 1 is 0.977 bits per heavy atom. The first-order valence-corrected chi connectivity index (χ1v) is 14.0. The van der Waals surface area contributed by atoms with Gasteiger partial charge >= 0.3 is 0 Å². The quantitative estimate of drug-likeness (QED) is 0.289. The molecule has 0 saturated carbocycles. The van der Waals surface area contributed by atoms with Crippen molar-refractivity contribution >= 4 is 11.6 Å². The number of anilines is 1. The number of carbonyl (C=O) groups is 1. The zero-order valence-electron chi connectivity index (χ0n) is 23.9. The number of pyridine rings is 1. The van der Waals surface area contributed by atoms with Crippen LogP contribution in [-0.4, -0.2) is 35.4 Å². The molecule has 0 saturated heterocycles. The molecule has 9 nitrogen and oxygen atoms in total. The highest BCUT2D eigenvalue weighted by molar-refractivity contribution is 5.96. The third-order valence-corrected chi connectivity index (χ3v) is 7.83. The van der Waals surface area contributed by atoms with Crippen LogP contribution in [0, 0.1) is 31.4 Å². The van der Waals surface area contributed by atoms with Crippen LogP contribution in [0.2, 0.25) is 0 Å². The summed E-state index contributed by atoms with van der Waals surface area (Å²) in [6, 6.07) is 11.9. The van der Waals surface area contributed by atoms with Gasteiger partial charge in [-0.15, -0.1) is 5.10 Å². The third kappa shape index (κ3) is 5.45. The number of benzene rings is 2. The highest BCUT2D eigenvalue weighted by Crippen LogP contribution is 2.34. The monoisotopic (exact) mass is 581 g/mol. The Labute approximate surface area is 246 Å². The zero-order valence-corrected chi connectivity index (χ0v) is 23.9. The Morgan fingerprint density at radius 2 is 1.81 bits per heavy atom. The molecule has 2 aromatic carbocycles. The average molecular weight is 582 g/mol. The predicted octanol–water partition coefficient (Wildman–Crippen LogP) is 5.80. The normalized spacial score (nSPS) is 17.0. The summed E-state index contributed by atoms with van der Waals surface area (Å²) in [4.78, 5) is 35.8. The maximum absolute atomic E-state index is 15.6. The van der Waals surface area contributed by atoms with Crippen molar-refractivity contribution in [1.29, 1.82) is 0 Å². The molecule has 43 heavy (non-hydrogen) atoms. The third-order valence-electron chi connectivity index (χ3n) is 7.83. The largest absolute Gasteiger partial charge is 0.325 e. The molecule has 2 atom stereocenters. The Balaban J connectivity index is 1.46. The molecule has 4 heterocycles. The van der Waals surface area contributed by atoms with Crippen molar-refractivity contribution in [3.05, 3.63) is 106 Å². The average Bonchev–Trinajstić information content (AvgIpc) is 3.43. The van der Waals surface area contributed by atoms with Crippen molar-refractivity contribution in [1.82, 2.24) is 29.5 Å². The van der Waals surface area contributed by atoms with Gasteiger partial charge in [0.1, 0.15) is 11.6 Å². The highest BCUT2D eigenvalue weighted by Gasteiger charge is 2.24. The standard InChI is InChI=1S/C32H29F2N7O2/c1-18-7-10-28(41-16-20(3)38-39-41)30(31(18)34)26-15-29(42)40(17-36-26)27-6-4-5-19(2)32(43)37-24-9-8-22(33)14-23(24)21-11-12-35-25(27)13-21/h7-17,19,27H,4-6H2,1-3H3,(H,37,43)/t19-,27+/m1/s1. The predicted molar refractivity (Wildman–Crippen MR) is 158 cm³/mol. The highest BCUT2D eigenvalue weighted by atomic mass is 19.1. The Hall–Kier alpha value is -5.06. The first-order chi connectivity index (χ1) is 20.7. The molecule has 1 aliphatic rings. The second-order valence-electron chi connectivity index (χ2n) is 10.9. The molecule has 0 aliphatic carbocycles. The van der Waals surface area contributed by atoms with Crippen LogP contribution in [0.5, 0.6) is 0 Å². The lowest BCUT2D eigenvalue weighted by Gasteiger charge is -2.23. The lowest BCUT2D eigenvalue weighted by atomic mass is 9.95. The number of nitrogens with zero attached hydrogens (tertiary/aromatic N) is 6. The lowest BCUT2D eigenvalue weighted by molar-refractivity contribution is -0.119. The molecule has 1 aliphatic heterocycles. The number of rotatable bonds is 3. The van der Waals surface area contributed by atoms with Gasteiger partial charge in [0, 0.05) is 29.4 Å². The van der Waals surface area contributed by atoms with E-state index >= 15 is 4.39 Å². The van der Waals surface area contributed by atoms with E-state index in [9.17, 15) is 14.0 Å². The van der Waals surface area contributed by atoms with Crippen LogP contribution < -0.4 is 10.9 Å². The van der Waals surface area contributed by atoms with Crippen LogP contribution in [0.3, 0.4) is 0 Å². The number of amides is 1. The number of nitrogens with one attached hydrogen (secondary N) is 1. The van der Waals surface area contributed by atoms with Gasteiger partial charge in [0.2, 0.25) is 5.91 Å². The van der Waals surface area contributed by atoms with Crippen LogP contribution in [-0.2, 0) is 4.79 Å². The van der Waals surface area contributed by atoms with Gasteiger partial charge in [-0.25, -0.2) is 18.4 Å². The number of fused-ring (bicyclic) bond motifs is 4. The number of aryl methyl sites for hydroxylation is 2. The van der Waals surface area contributed by atoms with Gasteiger partial charge in [0.15, 0.2) is 0 Å². The van der Waals surface area contributed by atoms with Crippen LogP contribution >= 0.6 is 0 Å². The first-order valence-electron chi connectivity index (χ1n) is 14.0. The smallest absolute Gasteiger partial charge is 0.254 e. The minimum atomic E-state index is -0.527. The van der Waals surface area contributed by atoms with Crippen molar-refractivity contribution < 1.29 is 13.6 Å². The van der Waals surface area contributed by atoms with Gasteiger partial charge in [0.25, 0.3) is 5.56 Å². The first kappa shape index (κ1) is 28.1. The second-order valence-corrected chi connectivity index (χ2v) is 10.9. The Bertz CT molecular complexity index is 1920. The van der Waals surface area contributed by atoms with E-state index in [1.54, 1.807) is 56.6 Å². The minimum absolute atomic E-state index is 0.145. The van der Waals surface area contributed by atoms with Gasteiger partial charge in [-0.05, 0) is 74.2 Å². The Morgan fingerprint density at radius 3 is 2.58 bits per heavy atom. The van der Waals surface area contributed by atoms with Gasteiger partial charge in [0.05, 0.1) is 46.9 Å². The zero-order chi connectivity index (χ0) is 30.2. The van der Waals surface area contributed by atoms with Crippen LogP contribution in [0.1, 0.15) is 49.2 Å². The van der Waals surface area contributed by atoms with E-state index < -0.39 is 23.2 Å². The fourth-order valence-corrected chi connectivity index (χ4v) is 5.45. The molecule has 0 fully saturated rings. The number of hydrogen-bond acceptors (Lipinski definition) is 6. The number of hydrogen-bond donors (Lipinski definition) is 1. The summed E-state index contributed by atoms with van der Waals surface area (Å²) < 4.78 is 32.8. The summed E-state index contributed by atoms with van der Waals surface area (Å²) in [5.74, 6) is -1.43. The van der Waals surface area contributed by atoms with Gasteiger partial charge in [-0.2, -0.15) is 0 Å². The van der Waals surface area contributed by atoms with Crippen molar-refractivity contribution in [2.45, 2.75) is 46.1 Å². The SMILES string of the molecule is Cc1cn(-c2ccc(C)c(F)c2-c2cc(=O)n([C@H]3CCC[C@@H](C)C(=O)Nc4ccc(F)cc4-c4ccnc3c4)cn2)nn1. The summed E-state index contributed by atoms with van der Waals surface area (Å²) >= 11 is 0. The van der Waals surface area contributed by atoms with E-state index in [2.05, 4.69) is 25.6 Å². The van der Waals surface area contributed by atoms with Gasteiger partial charge in [-0.1, -0.05) is 24.6 Å². The van der Waals surface area contributed by atoms with Crippen LogP contribution in [0.25, 0.3) is 28.1 Å². The van der Waals surface area contributed by atoms with E-state index in [-0.39, 0.29) is 23.1 Å². The lowest BCUT2D eigenvalue weighted by Crippen LogP contribution is -2.27. The molecule has 0 radical (unpaired) electrons. The molecule has 1 amide bonds. The molecular weight excluding hydrogens is 552 g/mol. The van der Waals surface area contributed by atoms with Crippen molar-refractivity contribution in [3.8, 4) is 28.1 Å². The van der Waals surface area contributed by atoms with E-state index in [4.69, 9.17) is 0 Å². The van der Waals surface area contributed by atoms with E-state index in [0.717, 1.165) is 0 Å². The summed E-state index contributed by atoms with van der Waals surface area (Å²) in [6.07, 6.45) is 6.36. The molecule has 0 unspecified atom stereocenters. The molecule has 5 aromatic rings. The Kier molecular flexibility index (Phi) is 7.39. The molecule has 218 valence electrons. The second kappa shape index (κ2) is 11.3. The number of carbonyl (C=O) groups excluding carboxylic acids is 1. The maximum Gasteiger partial charge on any atom is 0.254 e. The van der Waals surface area contributed by atoms with Crippen molar-refractivity contribution in [3.63, 3.8) is 0 Å². The minimum Gasteiger partial charge on any atom is -0.325 e. The van der Waals surface area contributed by atoms with Crippen molar-refractivity contribution in [2.24, 2.45) is 5.92 Å². The maximum atomic E-state index is 15.6. The summed E-state index contributed by atoms with van der Waals surface area (Å²) in [6.45, 7) is 5.26. The van der Waals surface area contributed by atoms with Crippen molar-refractivity contribution in [2.75, 3.05) is 5.32 Å². The van der Waals surface area contributed by atoms with E-state index in [1.165, 1.54) is 33.8 Å². The van der Waals surface area contributed by atoms with E-state index in [1.807, 2.05) is 6.92 Å². The molecule has 6 rings (SSSR count). The van der Waals surface area contributed by atoms with Crippen LogP contribution in [0.15, 0.2) is 72.0 Å². The molecule has 2 bridgehead atoms. The molecule has 3 aromatic heterocycles. The molecule has 0 spiro atoms. The number of aromatic nitrogens is 6. The molecule has 1 N–H and O–H groups in total. The van der Waals surface area contributed by atoms with Crippen LogP contribution in [0.4, 0.5) is 14.5 Å². The fourth-order valence-electron chi connectivity index (χ4n) is 5.45. The fraction of sp³-hybridized carbons (Fsp3) is 0.250. The van der Waals surface area contributed by atoms with Gasteiger partial charge in [-0.3, -0.25) is 19.1 Å². The molecular formula is C32H29F2N7O2.